The van der Waals surface area contributed by atoms with Gasteiger partial charge in [0.05, 0.1) is 45.2 Å². The second-order valence-corrected chi connectivity index (χ2v) is 4.69. The van der Waals surface area contributed by atoms with Crippen molar-refractivity contribution in [2.45, 2.75) is 38.3 Å². The highest BCUT2D eigenvalue weighted by Crippen LogP contribution is 2.12. The molecule has 2 fully saturated rings. The minimum Gasteiger partial charge on any atom is -0.376 e. The Morgan fingerprint density at radius 3 is 3.06 bits per heavy atom. The van der Waals surface area contributed by atoms with Gasteiger partial charge < -0.3 is 14.4 Å². The molecule has 1 amide bonds. The van der Waals surface area contributed by atoms with Gasteiger partial charge in [0.2, 0.25) is 5.91 Å². The fourth-order valence-electron chi connectivity index (χ4n) is 2.28. The summed E-state index contributed by atoms with van der Waals surface area (Å²) in [6, 6.07) is 0.0134. The molecule has 0 saturated carbocycles. The van der Waals surface area contributed by atoms with Gasteiger partial charge >= 0.3 is 0 Å². The Morgan fingerprint density at radius 1 is 1.47 bits per heavy atom. The molecule has 2 rings (SSSR count). The summed E-state index contributed by atoms with van der Waals surface area (Å²) in [5, 5.41) is 3.26. The predicted molar refractivity (Wildman–Crippen MR) is 63.6 cm³/mol. The van der Waals surface area contributed by atoms with Crippen LogP contribution in [0.3, 0.4) is 0 Å². The van der Waals surface area contributed by atoms with E-state index >= 15 is 0 Å². The molecule has 2 aliphatic rings. The third kappa shape index (κ3) is 3.40. The van der Waals surface area contributed by atoms with Gasteiger partial charge in [-0.15, -0.1) is 0 Å². The van der Waals surface area contributed by atoms with E-state index in [-0.39, 0.29) is 18.1 Å². The molecule has 0 aromatic carbocycles. The number of carbonyl (C=O) groups excluding carboxylic acids is 1. The average Bonchev–Trinajstić information content (AvgIpc) is 2.70. The van der Waals surface area contributed by atoms with Crippen LogP contribution in [0.5, 0.6) is 0 Å². The molecule has 5 heteroatoms. The summed E-state index contributed by atoms with van der Waals surface area (Å²) >= 11 is 0. The van der Waals surface area contributed by atoms with Gasteiger partial charge in [-0.3, -0.25) is 10.1 Å². The van der Waals surface area contributed by atoms with Gasteiger partial charge in [-0.25, -0.2) is 0 Å². The minimum absolute atomic E-state index is 0.0134. The van der Waals surface area contributed by atoms with Gasteiger partial charge in [0.15, 0.2) is 0 Å². The third-order valence-corrected chi connectivity index (χ3v) is 3.29. The first-order valence-electron chi connectivity index (χ1n) is 6.52. The molecule has 17 heavy (non-hydrogen) atoms. The van der Waals surface area contributed by atoms with Crippen molar-refractivity contribution in [3.63, 3.8) is 0 Å². The van der Waals surface area contributed by atoms with E-state index in [2.05, 4.69) is 12.2 Å². The summed E-state index contributed by atoms with van der Waals surface area (Å²) in [5.41, 5.74) is 0. The van der Waals surface area contributed by atoms with Gasteiger partial charge in [-0.2, -0.15) is 0 Å². The topological polar surface area (TPSA) is 50.8 Å². The van der Waals surface area contributed by atoms with Gasteiger partial charge in [0.1, 0.15) is 0 Å². The van der Waals surface area contributed by atoms with Crippen LogP contribution in [0.15, 0.2) is 0 Å². The first-order valence-corrected chi connectivity index (χ1v) is 6.52. The number of hydrogen-bond acceptors (Lipinski definition) is 4. The lowest BCUT2D eigenvalue weighted by molar-refractivity contribution is -0.135. The molecule has 98 valence electrons. The van der Waals surface area contributed by atoms with Gasteiger partial charge in [-0.1, -0.05) is 19.8 Å². The standard InChI is InChI=1S/C12H22N2O3/c1-2-3-4-11-12(15)14(9-13-11)7-10-8-16-5-6-17-10/h10-11,13H,2-9H2,1H3. The van der Waals surface area contributed by atoms with Crippen LogP contribution in [0.4, 0.5) is 0 Å². The monoisotopic (exact) mass is 242 g/mol. The summed E-state index contributed by atoms with van der Waals surface area (Å²) in [5.74, 6) is 0.215. The fourth-order valence-corrected chi connectivity index (χ4v) is 2.28. The average molecular weight is 242 g/mol. The smallest absolute Gasteiger partial charge is 0.240 e. The number of rotatable bonds is 5. The zero-order valence-corrected chi connectivity index (χ0v) is 10.5. The van der Waals surface area contributed by atoms with Crippen molar-refractivity contribution >= 4 is 5.91 Å². The van der Waals surface area contributed by atoms with Gasteiger partial charge in [-0.05, 0) is 6.42 Å². The Balaban J connectivity index is 1.76. The van der Waals surface area contributed by atoms with E-state index in [1.807, 2.05) is 4.90 Å². The Kier molecular flexibility index (Phi) is 4.76. The quantitative estimate of drug-likeness (QED) is 0.756. The van der Waals surface area contributed by atoms with Crippen molar-refractivity contribution in [1.29, 1.82) is 0 Å². The van der Waals surface area contributed by atoms with Crippen LogP contribution in [0, 0.1) is 0 Å². The maximum absolute atomic E-state index is 12.1. The molecule has 5 nitrogen and oxygen atoms in total. The highest BCUT2D eigenvalue weighted by molar-refractivity contribution is 5.83. The second kappa shape index (κ2) is 6.33. The normalized spacial score (nSPS) is 29.9. The Morgan fingerprint density at radius 2 is 2.35 bits per heavy atom. The number of carbonyl (C=O) groups is 1. The van der Waals surface area contributed by atoms with Crippen LogP contribution < -0.4 is 5.32 Å². The summed E-state index contributed by atoms with van der Waals surface area (Å²) in [4.78, 5) is 13.9. The van der Waals surface area contributed by atoms with E-state index in [1.165, 1.54) is 0 Å². The zero-order valence-electron chi connectivity index (χ0n) is 10.5. The molecule has 2 saturated heterocycles. The maximum atomic E-state index is 12.1. The highest BCUT2D eigenvalue weighted by Gasteiger charge is 2.32. The number of nitrogens with zero attached hydrogens (tertiary/aromatic N) is 1. The molecule has 2 aliphatic heterocycles. The second-order valence-electron chi connectivity index (χ2n) is 4.69. The number of ether oxygens (including phenoxy) is 2. The summed E-state index contributed by atoms with van der Waals surface area (Å²) in [6.45, 7) is 5.34. The molecule has 2 heterocycles. The predicted octanol–water partition coefficient (Wildman–Crippen LogP) is 0.350. The Labute approximate surface area is 102 Å². The SMILES string of the molecule is CCCCC1NCN(CC2COCCO2)C1=O. The Bertz CT molecular complexity index is 254. The molecule has 0 aromatic heterocycles. The lowest BCUT2D eigenvalue weighted by atomic mass is 10.1. The lowest BCUT2D eigenvalue weighted by Crippen LogP contribution is -2.41. The van der Waals surface area contributed by atoms with E-state index in [1.54, 1.807) is 0 Å². The van der Waals surface area contributed by atoms with Gasteiger partial charge in [0.25, 0.3) is 0 Å². The van der Waals surface area contributed by atoms with Crippen LogP contribution in [-0.2, 0) is 14.3 Å². The molecule has 0 spiro atoms. The van der Waals surface area contributed by atoms with Crippen molar-refractivity contribution in [2.24, 2.45) is 0 Å². The number of unbranched alkanes of at least 4 members (excludes halogenated alkanes) is 1. The van der Waals surface area contributed by atoms with Gasteiger partial charge in [0, 0.05) is 0 Å². The number of amides is 1. The molecule has 0 radical (unpaired) electrons. The first-order chi connectivity index (χ1) is 8.31. The van der Waals surface area contributed by atoms with Crippen molar-refractivity contribution in [2.75, 3.05) is 33.0 Å². The largest absolute Gasteiger partial charge is 0.376 e. The lowest BCUT2D eigenvalue weighted by Gasteiger charge is -2.27. The first kappa shape index (κ1) is 12.8. The molecule has 1 N–H and O–H groups in total. The van der Waals surface area contributed by atoms with E-state index in [9.17, 15) is 4.79 Å². The minimum atomic E-state index is 0.0134. The van der Waals surface area contributed by atoms with Crippen LogP contribution in [-0.4, -0.2) is 56.0 Å². The van der Waals surface area contributed by atoms with Crippen LogP contribution in [0.25, 0.3) is 0 Å². The molecular weight excluding hydrogens is 220 g/mol. The van der Waals surface area contributed by atoms with E-state index in [0.29, 0.717) is 33.0 Å². The van der Waals surface area contributed by atoms with Crippen LogP contribution >= 0.6 is 0 Å². The molecule has 0 bridgehead atoms. The van der Waals surface area contributed by atoms with Crippen LogP contribution in [0.1, 0.15) is 26.2 Å². The van der Waals surface area contributed by atoms with Crippen molar-refractivity contribution in [3.05, 3.63) is 0 Å². The Hall–Kier alpha value is -0.650. The molecule has 2 unspecified atom stereocenters. The molecule has 0 aliphatic carbocycles. The maximum Gasteiger partial charge on any atom is 0.240 e. The highest BCUT2D eigenvalue weighted by atomic mass is 16.6. The zero-order chi connectivity index (χ0) is 12.1. The summed E-state index contributed by atoms with van der Waals surface area (Å²) < 4.78 is 10.9. The van der Waals surface area contributed by atoms with Crippen LogP contribution in [0.2, 0.25) is 0 Å². The third-order valence-electron chi connectivity index (χ3n) is 3.29. The molecule has 0 aromatic rings. The molecular formula is C12H22N2O3. The number of nitrogens with one attached hydrogen (secondary N) is 1. The van der Waals surface area contributed by atoms with Crippen molar-refractivity contribution < 1.29 is 14.3 Å². The molecule has 2 atom stereocenters. The van der Waals surface area contributed by atoms with E-state index in [4.69, 9.17) is 9.47 Å². The van der Waals surface area contributed by atoms with E-state index < -0.39 is 0 Å². The van der Waals surface area contributed by atoms with Crippen molar-refractivity contribution in [3.8, 4) is 0 Å². The summed E-state index contributed by atoms with van der Waals surface area (Å²) in [7, 11) is 0. The summed E-state index contributed by atoms with van der Waals surface area (Å²) in [6.07, 6.45) is 3.21. The number of hydrogen-bond donors (Lipinski definition) is 1. The van der Waals surface area contributed by atoms with Crippen molar-refractivity contribution in [1.82, 2.24) is 10.2 Å². The fraction of sp³-hybridized carbons (Fsp3) is 0.917. The van der Waals surface area contributed by atoms with E-state index in [0.717, 1.165) is 19.3 Å².